The minimum atomic E-state index is 0.164. The van der Waals surface area contributed by atoms with E-state index in [2.05, 4.69) is 31.3 Å². The number of carbonyl (C=O) groups is 1. The van der Waals surface area contributed by atoms with Gasteiger partial charge in [0.25, 0.3) is 0 Å². The first-order valence-electron chi connectivity index (χ1n) is 7.00. The SMILES string of the molecule is Cc1ccc(CC(=O)N[C@H]2CCCC[C@@H]2C)cc1. The molecule has 2 nitrogen and oxygen atoms in total. The summed E-state index contributed by atoms with van der Waals surface area (Å²) in [5.74, 6) is 0.790. The molecule has 1 aliphatic carbocycles. The Morgan fingerprint density at radius 1 is 1.22 bits per heavy atom. The van der Waals surface area contributed by atoms with Crippen molar-refractivity contribution in [1.82, 2.24) is 5.32 Å². The topological polar surface area (TPSA) is 29.1 Å². The number of carbonyl (C=O) groups excluding carboxylic acids is 1. The summed E-state index contributed by atoms with van der Waals surface area (Å²) in [6, 6.07) is 8.59. The molecule has 0 radical (unpaired) electrons. The molecule has 1 N–H and O–H groups in total. The van der Waals surface area contributed by atoms with E-state index in [1.165, 1.54) is 24.8 Å². The normalized spacial score (nSPS) is 23.7. The second-order valence-electron chi connectivity index (χ2n) is 5.60. The van der Waals surface area contributed by atoms with Crippen LogP contribution < -0.4 is 5.32 Å². The number of benzene rings is 1. The summed E-state index contributed by atoms with van der Waals surface area (Å²) in [5.41, 5.74) is 2.33. The van der Waals surface area contributed by atoms with Crippen molar-refractivity contribution in [2.24, 2.45) is 5.92 Å². The standard InChI is InChI=1S/C16H23NO/c1-12-7-9-14(10-8-12)11-16(18)17-15-6-4-3-5-13(15)2/h7-10,13,15H,3-6,11H2,1-2H3,(H,17,18)/t13-,15-/m0/s1. The summed E-state index contributed by atoms with van der Waals surface area (Å²) < 4.78 is 0. The fourth-order valence-corrected chi connectivity index (χ4v) is 2.68. The number of rotatable bonds is 3. The molecule has 2 rings (SSSR count). The third-order valence-electron chi connectivity index (χ3n) is 3.94. The molecule has 0 aliphatic heterocycles. The lowest BCUT2D eigenvalue weighted by Gasteiger charge is -2.29. The predicted octanol–water partition coefficient (Wildman–Crippen LogP) is 3.23. The van der Waals surface area contributed by atoms with Gasteiger partial charge in [0, 0.05) is 6.04 Å². The van der Waals surface area contributed by atoms with Crippen LogP contribution in [0.3, 0.4) is 0 Å². The molecule has 1 aromatic carbocycles. The maximum atomic E-state index is 12.0. The Kier molecular flexibility index (Phi) is 4.40. The molecule has 1 saturated carbocycles. The van der Waals surface area contributed by atoms with Gasteiger partial charge in [-0.3, -0.25) is 4.79 Å². The molecule has 2 atom stereocenters. The van der Waals surface area contributed by atoms with Crippen LogP contribution in [-0.2, 0) is 11.2 Å². The van der Waals surface area contributed by atoms with Crippen LogP contribution in [0.15, 0.2) is 24.3 Å². The first-order valence-corrected chi connectivity index (χ1v) is 7.00. The molecule has 1 amide bonds. The molecular formula is C16H23NO. The van der Waals surface area contributed by atoms with Gasteiger partial charge in [-0.2, -0.15) is 0 Å². The van der Waals surface area contributed by atoms with Gasteiger partial charge in [0.1, 0.15) is 0 Å². The van der Waals surface area contributed by atoms with E-state index in [9.17, 15) is 4.79 Å². The van der Waals surface area contributed by atoms with Crippen LogP contribution in [0, 0.1) is 12.8 Å². The average Bonchev–Trinajstić information content (AvgIpc) is 2.35. The van der Waals surface area contributed by atoms with Crippen molar-refractivity contribution in [3.63, 3.8) is 0 Å². The Bertz CT molecular complexity index is 396. The monoisotopic (exact) mass is 245 g/mol. The van der Waals surface area contributed by atoms with Crippen molar-refractivity contribution in [3.8, 4) is 0 Å². The van der Waals surface area contributed by atoms with Gasteiger partial charge in [0.05, 0.1) is 6.42 Å². The van der Waals surface area contributed by atoms with E-state index in [0.29, 0.717) is 18.4 Å². The van der Waals surface area contributed by atoms with E-state index in [4.69, 9.17) is 0 Å². The van der Waals surface area contributed by atoms with Gasteiger partial charge >= 0.3 is 0 Å². The lowest BCUT2D eigenvalue weighted by molar-refractivity contribution is -0.121. The highest BCUT2D eigenvalue weighted by molar-refractivity contribution is 5.78. The quantitative estimate of drug-likeness (QED) is 0.870. The first kappa shape index (κ1) is 13.1. The van der Waals surface area contributed by atoms with Gasteiger partial charge in [0.15, 0.2) is 0 Å². The van der Waals surface area contributed by atoms with Crippen LogP contribution in [0.1, 0.15) is 43.7 Å². The molecule has 0 bridgehead atoms. The second kappa shape index (κ2) is 6.03. The summed E-state index contributed by atoms with van der Waals surface area (Å²) in [7, 11) is 0. The third kappa shape index (κ3) is 3.59. The highest BCUT2D eigenvalue weighted by Gasteiger charge is 2.22. The van der Waals surface area contributed by atoms with Crippen LogP contribution in [0.2, 0.25) is 0 Å². The van der Waals surface area contributed by atoms with Crippen molar-refractivity contribution in [1.29, 1.82) is 0 Å². The molecule has 0 aromatic heterocycles. The molecule has 1 aliphatic rings. The zero-order valence-corrected chi connectivity index (χ0v) is 11.4. The van der Waals surface area contributed by atoms with Crippen LogP contribution in [0.4, 0.5) is 0 Å². The van der Waals surface area contributed by atoms with Crippen LogP contribution in [-0.4, -0.2) is 11.9 Å². The fraction of sp³-hybridized carbons (Fsp3) is 0.562. The van der Waals surface area contributed by atoms with E-state index in [-0.39, 0.29) is 5.91 Å². The lowest BCUT2D eigenvalue weighted by Crippen LogP contribution is -2.41. The van der Waals surface area contributed by atoms with Gasteiger partial charge < -0.3 is 5.32 Å². The number of hydrogen-bond donors (Lipinski definition) is 1. The third-order valence-corrected chi connectivity index (χ3v) is 3.94. The number of nitrogens with one attached hydrogen (secondary N) is 1. The summed E-state index contributed by atoms with van der Waals surface area (Å²) >= 11 is 0. The van der Waals surface area contributed by atoms with Crippen LogP contribution in [0.25, 0.3) is 0 Å². The highest BCUT2D eigenvalue weighted by atomic mass is 16.1. The molecule has 1 aromatic rings. The summed E-state index contributed by atoms with van der Waals surface area (Å²) in [4.78, 5) is 12.0. The Morgan fingerprint density at radius 3 is 2.56 bits per heavy atom. The van der Waals surface area contributed by atoms with Gasteiger partial charge in [-0.15, -0.1) is 0 Å². The highest BCUT2D eigenvalue weighted by Crippen LogP contribution is 2.23. The fourth-order valence-electron chi connectivity index (χ4n) is 2.68. The molecular weight excluding hydrogens is 222 g/mol. The Morgan fingerprint density at radius 2 is 1.89 bits per heavy atom. The molecule has 0 saturated heterocycles. The largest absolute Gasteiger partial charge is 0.353 e. The summed E-state index contributed by atoms with van der Waals surface area (Å²) in [6.07, 6.45) is 5.45. The van der Waals surface area contributed by atoms with Crippen LogP contribution >= 0.6 is 0 Å². The zero-order chi connectivity index (χ0) is 13.0. The maximum Gasteiger partial charge on any atom is 0.224 e. The first-order chi connectivity index (χ1) is 8.65. The summed E-state index contributed by atoms with van der Waals surface area (Å²) in [5, 5.41) is 3.19. The minimum absolute atomic E-state index is 0.164. The van der Waals surface area contributed by atoms with E-state index >= 15 is 0 Å². The van der Waals surface area contributed by atoms with Crippen molar-refractivity contribution in [2.75, 3.05) is 0 Å². The Labute approximate surface area is 110 Å². The van der Waals surface area contributed by atoms with Gasteiger partial charge in [-0.05, 0) is 31.2 Å². The second-order valence-corrected chi connectivity index (χ2v) is 5.60. The number of amides is 1. The van der Waals surface area contributed by atoms with E-state index < -0.39 is 0 Å². The van der Waals surface area contributed by atoms with E-state index in [0.717, 1.165) is 12.0 Å². The molecule has 0 heterocycles. The van der Waals surface area contributed by atoms with Gasteiger partial charge in [0.2, 0.25) is 5.91 Å². The summed E-state index contributed by atoms with van der Waals surface area (Å²) in [6.45, 7) is 4.31. The molecule has 0 spiro atoms. The number of hydrogen-bond acceptors (Lipinski definition) is 1. The molecule has 1 fully saturated rings. The Hall–Kier alpha value is -1.31. The van der Waals surface area contributed by atoms with Crippen molar-refractivity contribution < 1.29 is 4.79 Å². The Balaban J connectivity index is 1.86. The van der Waals surface area contributed by atoms with E-state index in [1.807, 2.05) is 12.1 Å². The van der Waals surface area contributed by atoms with Crippen LogP contribution in [0.5, 0.6) is 0 Å². The lowest BCUT2D eigenvalue weighted by atomic mass is 9.86. The zero-order valence-electron chi connectivity index (χ0n) is 11.4. The number of aryl methyl sites for hydroxylation is 1. The maximum absolute atomic E-state index is 12.0. The van der Waals surface area contributed by atoms with Crippen molar-refractivity contribution in [3.05, 3.63) is 35.4 Å². The van der Waals surface area contributed by atoms with Gasteiger partial charge in [-0.1, -0.05) is 49.6 Å². The molecule has 2 heteroatoms. The van der Waals surface area contributed by atoms with Crippen molar-refractivity contribution >= 4 is 5.91 Å². The molecule has 0 unspecified atom stereocenters. The predicted molar refractivity (Wildman–Crippen MR) is 74.4 cm³/mol. The van der Waals surface area contributed by atoms with E-state index in [1.54, 1.807) is 0 Å². The smallest absolute Gasteiger partial charge is 0.224 e. The average molecular weight is 245 g/mol. The molecule has 98 valence electrons. The minimum Gasteiger partial charge on any atom is -0.353 e. The van der Waals surface area contributed by atoms with Gasteiger partial charge in [-0.25, -0.2) is 0 Å². The molecule has 18 heavy (non-hydrogen) atoms. The van der Waals surface area contributed by atoms with Crippen molar-refractivity contribution in [2.45, 2.75) is 52.0 Å².